The zero-order valence-corrected chi connectivity index (χ0v) is 13.5. The number of ether oxygens (including phenoxy) is 2. The second-order valence-electron chi connectivity index (χ2n) is 4.68. The van der Waals surface area contributed by atoms with Gasteiger partial charge in [0.15, 0.2) is 0 Å². The molecule has 0 aromatic heterocycles. The van der Waals surface area contributed by atoms with E-state index in [1.807, 2.05) is 11.8 Å². The van der Waals surface area contributed by atoms with Gasteiger partial charge in [-0.3, -0.25) is 0 Å². The van der Waals surface area contributed by atoms with Gasteiger partial charge in [0.25, 0.3) is 0 Å². The molecule has 0 N–H and O–H groups in total. The van der Waals surface area contributed by atoms with Crippen LogP contribution < -0.4 is 18.6 Å². The molecule has 2 saturated heterocycles. The molecule has 0 aromatic carbocycles. The molecule has 3 aliphatic rings. The summed E-state index contributed by atoms with van der Waals surface area (Å²) in [4.78, 5) is 7.12. The summed E-state index contributed by atoms with van der Waals surface area (Å²) in [5.41, 5.74) is 0. The first-order chi connectivity index (χ1) is 10.4. The molecule has 0 amide bonds. The van der Waals surface area contributed by atoms with Crippen molar-refractivity contribution >= 4 is 22.8 Å². The van der Waals surface area contributed by atoms with E-state index >= 15 is 0 Å². The van der Waals surface area contributed by atoms with Crippen LogP contribution in [0.1, 0.15) is 0 Å². The zero-order chi connectivity index (χ0) is 16.0. The number of aliphatic imine (C=N–C) groups is 1. The minimum absolute atomic E-state index is 0.826. The van der Waals surface area contributed by atoms with E-state index in [0.717, 1.165) is 58.4 Å². The van der Waals surface area contributed by atoms with Gasteiger partial charge in [0.1, 0.15) is 13.1 Å². The number of thioether (sulfide) groups is 1. The summed E-state index contributed by atoms with van der Waals surface area (Å²) in [5.74, 6) is 2.23. The summed E-state index contributed by atoms with van der Waals surface area (Å²) >= 11 is 1.85. The average Bonchev–Trinajstić information content (AvgIpc) is 2.97. The quantitative estimate of drug-likeness (QED) is 0.395. The number of nitrogens with zero attached hydrogens (tertiary/aromatic N) is 3. The van der Waals surface area contributed by atoms with E-state index in [1.54, 1.807) is 0 Å². The Hall–Kier alpha value is -0.460. The van der Waals surface area contributed by atoms with Gasteiger partial charge in [-0.15, -0.1) is 10.2 Å². The molecular formula is C11H18ClN3O6S. The van der Waals surface area contributed by atoms with Gasteiger partial charge in [0.05, 0.1) is 32.2 Å². The van der Waals surface area contributed by atoms with Crippen LogP contribution in [0.15, 0.2) is 4.99 Å². The highest BCUT2D eigenvalue weighted by molar-refractivity contribution is 8.14. The lowest BCUT2D eigenvalue weighted by Gasteiger charge is -2.25. The Morgan fingerprint density at radius 3 is 2.14 bits per heavy atom. The van der Waals surface area contributed by atoms with Crippen LogP contribution in [0.5, 0.6) is 0 Å². The molecule has 2 fully saturated rings. The molecule has 0 aliphatic carbocycles. The molecule has 22 heavy (non-hydrogen) atoms. The van der Waals surface area contributed by atoms with Gasteiger partial charge in [-0.2, -0.15) is 0 Å². The molecular weight excluding hydrogens is 338 g/mol. The number of morpholine rings is 2. The lowest BCUT2D eigenvalue weighted by atomic mass is 10.4. The molecule has 0 bridgehead atoms. The van der Waals surface area contributed by atoms with Gasteiger partial charge in [-0.25, -0.2) is 23.2 Å². The van der Waals surface area contributed by atoms with E-state index in [0.29, 0.717) is 0 Å². The second-order valence-corrected chi connectivity index (χ2v) is 6.37. The predicted molar refractivity (Wildman–Crippen MR) is 68.1 cm³/mol. The number of amidine groups is 2. The molecule has 3 aliphatic heterocycles. The molecule has 0 unspecified atom stereocenters. The molecule has 0 radical (unpaired) electrons. The lowest BCUT2D eigenvalue weighted by molar-refractivity contribution is -2.00. The van der Waals surface area contributed by atoms with Gasteiger partial charge < -0.3 is 14.4 Å². The van der Waals surface area contributed by atoms with Crippen LogP contribution in [-0.4, -0.2) is 78.8 Å². The first-order valence-corrected chi connectivity index (χ1v) is 9.00. The number of halogens is 1. The van der Waals surface area contributed by atoms with Crippen molar-refractivity contribution in [3.8, 4) is 0 Å². The van der Waals surface area contributed by atoms with Gasteiger partial charge in [-0.1, -0.05) is 0 Å². The Morgan fingerprint density at radius 1 is 1.00 bits per heavy atom. The third kappa shape index (κ3) is 6.34. The highest BCUT2D eigenvalue weighted by atomic mass is 35.7. The zero-order valence-electron chi connectivity index (χ0n) is 11.9. The van der Waals surface area contributed by atoms with E-state index < -0.39 is 10.2 Å². The highest BCUT2D eigenvalue weighted by Gasteiger charge is 2.30. The fourth-order valence-electron chi connectivity index (χ4n) is 2.20. The Kier molecular flexibility index (Phi) is 6.84. The van der Waals surface area contributed by atoms with Crippen molar-refractivity contribution in [2.24, 2.45) is 4.99 Å². The third-order valence-corrected chi connectivity index (χ3v) is 4.22. The van der Waals surface area contributed by atoms with E-state index in [4.69, 9.17) is 33.1 Å². The summed E-state index contributed by atoms with van der Waals surface area (Å²) in [6, 6.07) is 0. The Balaban J connectivity index is 0.000000309. The highest BCUT2D eigenvalue weighted by Crippen LogP contribution is 2.18. The molecule has 0 aromatic rings. The van der Waals surface area contributed by atoms with E-state index in [-0.39, 0.29) is 0 Å². The fourth-order valence-corrected chi connectivity index (χ4v) is 3.24. The Bertz CT molecular complexity index is 422. The summed E-state index contributed by atoms with van der Waals surface area (Å²) in [6.45, 7) is 7.22. The van der Waals surface area contributed by atoms with Crippen molar-refractivity contribution in [3.05, 3.63) is 0 Å². The van der Waals surface area contributed by atoms with Crippen molar-refractivity contribution < 1.29 is 42.9 Å². The van der Waals surface area contributed by atoms with E-state index in [9.17, 15) is 0 Å². The van der Waals surface area contributed by atoms with Crippen LogP contribution in [0.4, 0.5) is 0 Å². The largest absolute Gasteiger partial charge is 0.378 e. The first-order valence-electron chi connectivity index (χ1n) is 6.78. The topological polar surface area (TPSA) is 129 Å². The number of rotatable bonds is 0. The number of hydrogen-bond acceptors (Lipinski definition) is 8. The maximum atomic E-state index is 8.49. The molecule has 0 saturated carbocycles. The van der Waals surface area contributed by atoms with Gasteiger partial charge >= 0.3 is 5.17 Å². The maximum Gasteiger partial charge on any atom is 0.357 e. The van der Waals surface area contributed by atoms with Crippen LogP contribution in [0.2, 0.25) is 0 Å². The summed E-state index contributed by atoms with van der Waals surface area (Å²) in [6.07, 6.45) is 0. The van der Waals surface area contributed by atoms with Crippen molar-refractivity contribution in [2.75, 3.05) is 58.4 Å². The van der Waals surface area contributed by atoms with Crippen molar-refractivity contribution in [2.45, 2.75) is 0 Å². The minimum Gasteiger partial charge on any atom is -0.378 e. The Morgan fingerprint density at radius 2 is 1.55 bits per heavy atom. The molecule has 9 nitrogen and oxygen atoms in total. The van der Waals surface area contributed by atoms with Crippen molar-refractivity contribution in [1.29, 1.82) is 0 Å². The van der Waals surface area contributed by atoms with Gasteiger partial charge in [-0.05, 0) is 16.8 Å². The maximum absolute atomic E-state index is 8.49. The van der Waals surface area contributed by atoms with Crippen LogP contribution in [0.3, 0.4) is 0 Å². The summed E-state index contributed by atoms with van der Waals surface area (Å²) < 4.78 is 47.0. The van der Waals surface area contributed by atoms with Gasteiger partial charge in [0.2, 0.25) is 5.84 Å². The lowest BCUT2D eigenvalue weighted by Crippen LogP contribution is -2.68. The first kappa shape index (κ1) is 17.9. The van der Waals surface area contributed by atoms with Crippen molar-refractivity contribution in [1.82, 2.24) is 4.90 Å². The van der Waals surface area contributed by atoms with E-state index in [2.05, 4.69) is 9.48 Å². The average molecular weight is 356 g/mol. The van der Waals surface area contributed by atoms with E-state index in [1.165, 1.54) is 11.0 Å². The summed E-state index contributed by atoms with van der Waals surface area (Å²) in [5, 5.41) is 1.18. The number of hydrogen-bond donors (Lipinski definition) is 0. The van der Waals surface area contributed by atoms with Gasteiger partial charge in [0, 0.05) is 13.1 Å². The normalized spacial score (nSPS) is 23.1. The van der Waals surface area contributed by atoms with Crippen LogP contribution in [0.25, 0.3) is 0 Å². The third-order valence-electron chi connectivity index (χ3n) is 3.21. The molecule has 0 spiro atoms. The molecule has 3 heterocycles. The fraction of sp³-hybridized carbons (Fsp3) is 0.818. The van der Waals surface area contributed by atoms with Crippen LogP contribution in [-0.2, 0) is 9.47 Å². The second kappa shape index (κ2) is 8.41. The van der Waals surface area contributed by atoms with Crippen molar-refractivity contribution in [3.63, 3.8) is 0 Å². The molecule has 3 rings (SSSR count). The SMILES string of the molecule is C1CN(C2=NC(=[N+]3CCOCC3)SC2)CCO1.[O-][Cl+3]([O-])([O-])[O-]. The van der Waals surface area contributed by atoms with Crippen LogP contribution in [0, 0.1) is 10.2 Å². The monoisotopic (exact) mass is 355 g/mol. The standard InChI is InChI=1S/C11H18N3O2S.ClHO4/c1-5-15-6-2-13(1)10-9-17-11(12-10)14-3-7-16-8-4-14;2-1(3,4)5/h1-9H2;(H,2,3,4,5)/q+1;/p-1. The van der Waals surface area contributed by atoms with Crippen LogP contribution >= 0.6 is 11.8 Å². The molecule has 0 atom stereocenters. The molecule has 126 valence electrons. The Labute approximate surface area is 134 Å². The summed E-state index contributed by atoms with van der Waals surface area (Å²) in [7, 11) is -4.94. The smallest absolute Gasteiger partial charge is 0.357 e. The molecule has 11 heteroatoms. The predicted octanol–water partition coefficient (Wildman–Crippen LogP) is -4.89. The minimum atomic E-state index is -4.94.